The third-order valence-electron chi connectivity index (χ3n) is 12.5. The summed E-state index contributed by atoms with van der Waals surface area (Å²) in [5, 5.41) is 4.71. The highest BCUT2D eigenvalue weighted by Crippen LogP contribution is 2.40. The van der Waals surface area contributed by atoms with Crippen LogP contribution in [0, 0.1) is 0 Å². The van der Waals surface area contributed by atoms with Crippen LogP contribution in [0.15, 0.2) is 188 Å². The lowest BCUT2D eigenvalue weighted by Gasteiger charge is -2.13. The van der Waals surface area contributed by atoms with Crippen LogP contribution in [0.3, 0.4) is 0 Å². The normalized spacial score (nSPS) is 11.7. The number of hydrogen-bond donors (Lipinski definition) is 0. The van der Waals surface area contributed by atoms with Crippen molar-refractivity contribution >= 4 is 43.6 Å². The first-order valence-corrected chi connectivity index (χ1v) is 22.3. The van der Waals surface area contributed by atoms with Gasteiger partial charge in [0.2, 0.25) is 5.95 Å². The molecule has 0 spiro atoms. The molecule has 0 bridgehead atoms. The molecule has 0 radical (unpaired) electrons. The van der Waals surface area contributed by atoms with E-state index in [4.69, 9.17) is 15.0 Å². The molecule has 0 atom stereocenters. The Morgan fingerprint density at radius 2 is 0.889 bits per heavy atom. The number of rotatable bonds is 11. The third kappa shape index (κ3) is 7.06. The van der Waals surface area contributed by atoms with Gasteiger partial charge in [-0.1, -0.05) is 172 Å². The molecule has 0 aliphatic rings. The minimum absolute atomic E-state index is 0.575. The maximum atomic E-state index is 5.35. The van der Waals surface area contributed by atoms with Gasteiger partial charge in [-0.25, -0.2) is 4.98 Å². The van der Waals surface area contributed by atoms with Crippen LogP contribution in [0.4, 0.5) is 0 Å². The number of benzene rings is 8. The summed E-state index contributed by atoms with van der Waals surface area (Å²) in [7, 11) is 0. The summed E-state index contributed by atoms with van der Waals surface area (Å²) in [6, 6.07) is 67.9. The Bertz CT molecular complexity index is 3430. The minimum Gasteiger partial charge on any atom is -0.309 e. The van der Waals surface area contributed by atoms with E-state index in [1.54, 1.807) is 0 Å². The van der Waals surface area contributed by atoms with Crippen molar-refractivity contribution < 1.29 is 0 Å². The Balaban J connectivity index is 1.11. The molecule has 5 heteroatoms. The number of nitrogens with zero attached hydrogens (tertiary/aromatic N) is 5. The first-order chi connectivity index (χ1) is 31.1. The van der Waals surface area contributed by atoms with Gasteiger partial charge in [0.1, 0.15) is 0 Å². The predicted molar refractivity (Wildman–Crippen MR) is 263 cm³/mol. The summed E-state index contributed by atoms with van der Waals surface area (Å²) >= 11 is 0. The Morgan fingerprint density at radius 3 is 1.56 bits per heavy atom. The fourth-order valence-electron chi connectivity index (χ4n) is 9.29. The van der Waals surface area contributed by atoms with E-state index in [1.807, 2.05) is 18.2 Å². The van der Waals surface area contributed by atoms with E-state index in [1.165, 1.54) is 51.4 Å². The lowest BCUT2D eigenvalue weighted by atomic mass is 10.00. The summed E-state index contributed by atoms with van der Waals surface area (Å²) in [5.74, 6) is 1.83. The Labute approximate surface area is 368 Å². The van der Waals surface area contributed by atoms with E-state index in [2.05, 4.69) is 193 Å². The van der Waals surface area contributed by atoms with Crippen LogP contribution in [-0.2, 0) is 12.8 Å². The Kier molecular flexibility index (Phi) is 9.93. The smallest absolute Gasteiger partial charge is 0.238 e. The largest absolute Gasteiger partial charge is 0.309 e. The van der Waals surface area contributed by atoms with Crippen LogP contribution >= 0.6 is 0 Å². The number of para-hydroxylation sites is 2. The maximum Gasteiger partial charge on any atom is 0.238 e. The van der Waals surface area contributed by atoms with Crippen LogP contribution in [0.5, 0.6) is 0 Å². The van der Waals surface area contributed by atoms with Gasteiger partial charge in [-0.05, 0) is 95.1 Å². The third-order valence-corrected chi connectivity index (χ3v) is 12.5. The lowest BCUT2D eigenvalue weighted by molar-refractivity contribution is 0.795. The molecule has 0 saturated heterocycles. The molecular weight excluding hydrogens is 767 g/mol. The van der Waals surface area contributed by atoms with Gasteiger partial charge in [0.05, 0.1) is 22.1 Å². The maximum absolute atomic E-state index is 5.35. The minimum atomic E-state index is 0.575. The summed E-state index contributed by atoms with van der Waals surface area (Å²) in [4.78, 5) is 15.8. The van der Waals surface area contributed by atoms with Crippen molar-refractivity contribution in [2.24, 2.45) is 0 Å². The Hall–Kier alpha value is -7.63. The first kappa shape index (κ1) is 38.3. The molecule has 0 amide bonds. The molecule has 0 N–H and O–H groups in total. The zero-order valence-electron chi connectivity index (χ0n) is 35.7. The second kappa shape index (κ2) is 16.3. The predicted octanol–water partition coefficient (Wildman–Crippen LogP) is 15.0. The highest BCUT2D eigenvalue weighted by atomic mass is 15.2. The van der Waals surface area contributed by atoms with Crippen LogP contribution in [-0.4, -0.2) is 24.1 Å². The van der Waals surface area contributed by atoms with Crippen molar-refractivity contribution in [3.05, 3.63) is 199 Å². The summed E-state index contributed by atoms with van der Waals surface area (Å²) in [5.41, 5.74) is 14.8. The second-order valence-corrected chi connectivity index (χ2v) is 16.6. The topological polar surface area (TPSA) is 48.5 Å². The van der Waals surface area contributed by atoms with Crippen molar-refractivity contribution in [1.29, 1.82) is 0 Å². The molecule has 0 unspecified atom stereocenters. The van der Waals surface area contributed by atoms with Gasteiger partial charge in [0, 0.05) is 38.4 Å². The standard InChI is InChI=1S/C58H47N5/c1-3-5-16-40-29-33-41(34-30-40)44-19-13-21-46(35-44)57-59-56(43-17-7-6-8-18-43)60-58(61-57)63-53-26-12-10-24-49(53)51-37-50-48-23-9-11-25-52(48)62(54(50)38-55(51)63)47-22-14-20-45(36-47)42-31-27-39(15-4-2)28-32-42/h6-14,17-38H,3-5,15-16H2,1-2H3. The molecule has 3 aromatic heterocycles. The molecule has 0 aliphatic heterocycles. The van der Waals surface area contributed by atoms with Gasteiger partial charge in [0.25, 0.3) is 0 Å². The zero-order chi connectivity index (χ0) is 42.3. The molecule has 11 aromatic rings. The van der Waals surface area contributed by atoms with Gasteiger partial charge in [-0.3, -0.25) is 4.57 Å². The summed E-state index contributed by atoms with van der Waals surface area (Å²) in [6.45, 7) is 4.47. The van der Waals surface area contributed by atoms with E-state index in [-0.39, 0.29) is 0 Å². The summed E-state index contributed by atoms with van der Waals surface area (Å²) < 4.78 is 4.65. The quantitative estimate of drug-likeness (QED) is 0.131. The molecule has 8 aromatic carbocycles. The fraction of sp³-hybridized carbons (Fsp3) is 0.121. The second-order valence-electron chi connectivity index (χ2n) is 16.6. The van der Waals surface area contributed by atoms with E-state index in [0.29, 0.717) is 17.6 Å². The number of fused-ring (bicyclic) bond motifs is 6. The van der Waals surface area contributed by atoms with Crippen LogP contribution < -0.4 is 0 Å². The SMILES string of the molecule is CCCCc1ccc(-c2cccc(-c3nc(-c4ccccc4)nc(-n4c5ccccc5c5cc6c7ccccc7n(-c7cccc(-c8ccc(CCC)cc8)c7)c6cc54)n3)c2)cc1. The number of aromatic nitrogens is 5. The number of unbranched alkanes of at least 4 members (excludes halogenated alkanes) is 1. The molecule has 304 valence electrons. The van der Waals surface area contributed by atoms with E-state index in [9.17, 15) is 0 Å². The molecule has 3 heterocycles. The van der Waals surface area contributed by atoms with Crippen LogP contribution in [0.25, 0.3) is 100 Å². The summed E-state index contributed by atoms with van der Waals surface area (Å²) in [6.07, 6.45) is 5.72. The average Bonchev–Trinajstić information content (AvgIpc) is 3.85. The highest BCUT2D eigenvalue weighted by Gasteiger charge is 2.21. The van der Waals surface area contributed by atoms with Gasteiger partial charge >= 0.3 is 0 Å². The van der Waals surface area contributed by atoms with Gasteiger partial charge in [0.15, 0.2) is 11.6 Å². The lowest BCUT2D eigenvalue weighted by Crippen LogP contribution is -2.06. The van der Waals surface area contributed by atoms with Crippen molar-refractivity contribution in [3.8, 4) is 56.7 Å². The average molecular weight is 814 g/mol. The molecule has 63 heavy (non-hydrogen) atoms. The molecule has 0 saturated carbocycles. The molecule has 0 fully saturated rings. The fourth-order valence-corrected chi connectivity index (χ4v) is 9.29. The number of hydrogen-bond acceptors (Lipinski definition) is 3. The molecule has 11 rings (SSSR count). The Morgan fingerprint density at radius 1 is 0.349 bits per heavy atom. The molecule has 0 aliphatic carbocycles. The zero-order valence-corrected chi connectivity index (χ0v) is 35.7. The van der Waals surface area contributed by atoms with Gasteiger partial charge in [-0.2, -0.15) is 9.97 Å². The van der Waals surface area contributed by atoms with Crippen LogP contribution in [0.2, 0.25) is 0 Å². The first-order valence-electron chi connectivity index (χ1n) is 22.3. The monoisotopic (exact) mass is 813 g/mol. The van der Waals surface area contributed by atoms with E-state index in [0.717, 1.165) is 74.5 Å². The van der Waals surface area contributed by atoms with Crippen molar-refractivity contribution in [3.63, 3.8) is 0 Å². The van der Waals surface area contributed by atoms with Crippen molar-refractivity contribution in [1.82, 2.24) is 24.1 Å². The van der Waals surface area contributed by atoms with E-state index < -0.39 is 0 Å². The van der Waals surface area contributed by atoms with Gasteiger partial charge in [-0.15, -0.1) is 0 Å². The molecular formula is C58H47N5. The van der Waals surface area contributed by atoms with Gasteiger partial charge < -0.3 is 4.57 Å². The van der Waals surface area contributed by atoms with Crippen LogP contribution in [0.1, 0.15) is 44.2 Å². The van der Waals surface area contributed by atoms with Crippen molar-refractivity contribution in [2.75, 3.05) is 0 Å². The van der Waals surface area contributed by atoms with Crippen molar-refractivity contribution in [2.45, 2.75) is 46.0 Å². The molecule has 5 nitrogen and oxygen atoms in total. The number of aryl methyl sites for hydroxylation is 2. The highest BCUT2D eigenvalue weighted by molar-refractivity contribution is 6.19. The van der Waals surface area contributed by atoms with E-state index >= 15 is 0 Å².